The summed E-state index contributed by atoms with van der Waals surface area (Å²) in [6, 6.07) is 0. The van der Waals surface area contributed by atoms with Crippen LogP contribution in [0.1, 0.15) is 34.1 Å². The van der Waals surface area contributed by atoms with Gasteiger partial charge in [-0.1, -0.05) is 13.8 Å². The number of carbonyl (C=O) groups excluding carboxylic acids is 1. The van der Waals surface area contributed by atoms with E-state index in [0.29, 0.717) is 19.1 Å². The van der Waals surface area contributed by atoms with Crippen LogP contribution in [0.15, 0.2) is 0 Å². The van der Waals surface area contributed by atoms with Crippen LogP contribution in [0.4, 0.5) is 0 Å². The quantitative estimate of drug-likeness (QED) is 0.293. The van der Waals surface area contributed by atoms with Crippen molar-refractivity contribution < 1.29 is 9.53 Å². The second-order valence-corrected chi connectivity index (χ2v) is 4.59. The van der Waals surface area contributed by atoms with Gasteiger partial charge in [-0.05, 0) is 26.2 Å². The topological polar surface area (TPSA) is 64.3 Å². The molecule has 0 aromatic heterocycles. The average molecular weight is 202 g/mol. The molecule has 1 amide bonds. The summed E-state index contributed by atoms with van der Waals surface area (Å²) in [7, 11) is 0. The number of hydrogen-bond acceptors (Lipinski definition) is 3. The lowest BCUT2D eigenvalue weighted by Gasteiger charge is -2.22. The molecule has 0 aliphatic carbocycles. The fourth-order valence-electron chi connectivity index (χ4n) is 0.907. The lowest BCUT2D eigenvalue weighted by molar-refractivity contribution is -0.132. The smallest absolute Gasteiger partial charge is 0.241 e. The number of carbonyl (C=O) groups is 1. The summed E-state index contributed by atoms with van der Waals surface area (Å²) in [4.78, 5) is 11.2. The molecular formula is C10H22N2O2. The minimum atomic E-state index is -0.550. The summed E-state index contributed by atoms with van der Waals surface area (Å²) in [6.07, 6.45) is 1.01. The number of ether oxygens (including phenoxy) is 1. The third kappa shape index (κ3) is 5.19. The summed E-state index contributed by atoms with van der Waals surface area (Å²) in [6.45, 7) is 9.00. The summed E-state index contributed by atoms with van der Waals surface area (Å²) < 4.78 is 5.42. The van der Waals surface area contributed by atoms with Crippen LogP contribution in [0.3, 0.4) is 0 Å². The molecule has 0 fully saturated rings. The fraction of sp³-hybridized carbons (Fsp3) is 0.900. The Bertz CT molecular complexity index is 179. The first kappa shape index (κ1) is 13.4. The van der Waals surface area contributed by atoms with Crippen molar-refractivity contribution in [3.8, 4) is 0 Å². The average Bonchev–Trinajstić information content (AvgIpc) is 2.10. The highest BCUT2D eigenvalue weighted by Gasteiger charge is 2.26. The lowest BCUT2D eigenvalue weighted by atomic mass is 9.94. The van der Waals surface area contributed by atoms with E-state index >= 15 is 0 Å². The standard InChI is InChI=1S/C10H22N2O2/c1-8(2)5-6-14-7-10(3,4)9(13)12-11/h8H,5-7,11H2,1-4H3,(H,12,13). The number of amides is 1. The monoisotopic (exact) mass is 202 g/mol. The van der Waals surface area contributed by atoms with E-state index in [-0.39, 0.29) is 5.91 Å². The molecule has 3 N–H and O–H groups in total. The predicted octanol–water partition coefficient (Wildman–Crippen LogP) is 1.07. The van der Waals surface area contributed by atoms with E-state index in [1.54, 1.807) is 0 Å². The highest BCUT2D eigenvalue weighted by atomic mass is 16.5. The van der Waals surface area contributed by atoms with Crippen LogP contribution in [0.25, 0.3) is 0 Å². The van der Waals surface area contributed by atoms with Crippen LogP contribution in [-0.4, -0.2) is 19.1 Å². The van der Waals surface area contributed by atoms with Gasteiger partial charge in [0.15, 0.2) is 0 Å². The van der Waals surface area contributed by atoms with Crippen LogP contribution in [0, 0.1) is 11.3 Å². The molecule has 4 nitrogen and oxygen atoms in total. The third-order valence-electron chi connectivity index (χ3n) is 2.05. The van der Waals surface area contributed by atoms with Crippen molar-refractivity contribution in [2.75, 3.05) is 13.2 Å². The van der Waals surface area contributed by atoms with Crippen LogP contribution < -0.4 is 11.3 Å². The van der Waals surface area contributed by atoms with Crippen LogP contribution in [0.5, 0.6) is 0 Å². The Kier molecular flexibility index (Phi) is 5.72. The maximum absolute atomic E-state index is 11.2. The Balaban J connectivity index is 3.71. The van der Waals surface area contributed by atoms with Gasteiger partial charge in [0.05, 0.1) is 12.0 Å². The molecule has 0 spiro atoms. The predicted molar refractivity (Wildman–Crippen MR) is 56.4 cm³/mol. The van der Waals surface area contributed by atoms with Gasteiger partial charge in [0, 0.05) is 6.61 Å². The zero-order chi connectivity index (χ0) is 11.2. The molecule has 0 unspecified atom stereocenters. The van der Waals surface area contributed by atoms with Crippen molar-refractivity contribution in [3.63, 3.8) is 0 Å². The highest BCUT2D eigenvalue weighted by Crippen LogP contribution is 2.15. The molecule has 0 aromatic carbocycles. The van der Waals surface area contributed by atoms with Gasteiger partial charge in [-0.3, -0.25) is 10.2 Å². The molecule has 84 valence electrons. The summed E-state index contributed by atoms with van der Waals surface area (Å²) >= 11 is 0. The second kappa shape index (κ2) is 5.98. The van der Waals surface area contributed by atoms with Crippen molar-refractivity contribution in [1.82, 2.24) is 5.43 Å². The Morgan fingerprint density at radius 2 is 2.07 bits per heavy atom. The number of hydrogen-bond donors (Lipinski definition) is 2. The molecule has 0 bridgehead atoms. The number of hydrazine groups is 1. The van der Waals surface area contributed by atoms with Crippen LogP contribution >= 0.6 is 0 Å². The summed E-state index contributed by atoms with van der Waals surface area (Å²) in [5.41, 5.74) is 1.59. The van der Waals surface area contributed by atoms with Crippen molar-refractivity contribution in [3.05, 3.63) is 0 Å². The van der Waals surface area contributed by atoms with E-state index in [2.05, 4.69) is 19.3 Å². The molecule has 0 radical (unpaired) electrons. The van der Waals surface area contributed by atoms with Gasteiger partial charge in [0.2, 0.25) is 5.91 Å². The maximum atomic E-state index is 11.2. The van der Waals surface area contributed by atoms with Crippen LogP contribution in [0.2, 0.25) is 0 Å². The first-order valence-corrected chi connectivity index (χ1v) is 4.99. The first-order chi connectivity index (χ1) is 6.40. The van der Waals surface area contributed by atoms with Gasteiger partial charge >= 0.3 is 0 Å². The van der Waals surface area contributed by atoms with Gasteiger partial charge in [0.1, 0.15) is 0 Å². The van der Waals surface area contributed by atoms with E-state index in [1.807, 2.05) is 13.8 Å². The van der Waals surface area contributed by atoms with Crippen molar-refractivity contribution in [2.45, 2.75) is 34.1 Å². The molecule has 14 heavy (non-hydrogen) atoms. The molecule has 0 saturated heterocycles. The molecule has 0 rings (SSSR count). The van der Waals surface area contributed by atoms with E-state index in [4.69, 9.17) is 10.6 Å². The second-order valence-electron chi connectivity index (χ2n) is 4.59. The summed E-state index contributed by atoms with van der Waals surface area (Å²) in [5.74, 6) is 5.49. The van der Waals surface area contributed by atoms with Crippen molar-refractivity contribution in [2.24, 2.45) is 17.2 Å². The van der Waals surface area contributed by atoms with Gasteiger partial charge in [-0.15, -0.1) is 0 Å². The molecule has 4 heteroatoms. The molecule has 0 atom stereocenters. The normalized spacial score (nSPS) is 11.9. The van der Waals surface area contributed by atoms with Gasteiger partial charge < -0.3 is 4.74 Å². The van der Waals surface area contributed by atoms with E-state index in [9.17, 15) is 4.79 Å². The molecule has 0 aliphatic rings. The van der Waals surface area contributed by atoms with E-state index in [1.165, 1.54) is 0 Å². The van der Waals surface area contributed by atoms with Gasteiger partial charge in [-0.25, -0.2) is 5.84 Å². The van der Waals surface area contributed by atoms with Gasteiger partial charge in [-0.2, -0.15) is 0 Å². The molecule has 0 aromatic rings. The number of rotatable bonds is 6. The SMILES string of the molecule is CC(C)CCOCC(C)(C)C(=O)NN. The molecule has 0 heterocycles. The highest BCUT2D eigenvalue weighted by molar-refractivity contribution is 5.81. The minimum Gasteiger partial charge on any atom is -0.380 e. The Labute approximate surface area is 86.2 Å². The zero-order valence-corrected chi connectivity index (χ0v) is 9.59. The van der Waals surface area contributed by atoms with Crippen molar-refractivity contribution >= 4 is 5.91 Å². The van der Waals surface area contributed by atoms with Crippen molar-refractivity contribution in [1.29, 1.82) is 0 Å². The molecule has 0 aliphatic heterocycles. The summed E-state index contributed by atoms with van der Waals surface area (Å²) in [5, 5.41) is 0. The third-order valence-corrected chi connectivity index (χ3v) is 2.05. The van der Waals surface area contributed by atoms with E-state index < -0.39 is 5.41 Å². The fourth-order valence-corrected chi connectivity index (χ4v) is 0.907. The lowest BCUT2D eigenvalue weighted by Crippen LogP contribution is -2.43. The molecule has 0 saturated carbocycles. The van der Waals surface area contributed by atoms with E-state index in [0.717, 1.165) is 6.42 Å². The Morgan fingerprint density at radius 3 is 2.50 bits per heavy atom. The molecular weight excluding hydrogens is 180 g/mol. The van der Waals surface area contributed by atoms with Gasteiger partial charge in [0.25, 0.3) is 0 Å². The maximum Gasteiger partial charge on any atom is 0.241 e. The van der Waals surface area contributed by atoms with Crippen LogP contribution in [-0.2, 0) is 9.53 Å². The first-order valence-electron chi connectivity index (χ1n) is 4.99. The number of nitrogens with one attached hydrogen (secondary N) is 1. The minimum absolute atomic E-state index is 0.193. The Hall–Kier alpha value is -0.610. The largest absolute Gasteiger partial charge is 0.380 e. The number of nitrogens with two attached hydrogens (primary N) is 1. The Morgan fingerprint density at radius 1 is 1.50 bits per heavy atom. The zero-order valence-electron chi connectivity index (χ0n) is 9.59.